The van der Waals surface area contributed by atoms with Crippen molar-refractivity contribution in [2.24, 2.45) is 11.7 Å². The van der Waals surface area contributed by atoms with E-state index in [4.69, 9.17) is 18.0 Å². The van der Waals surface area contributed by atoms with Gasteiger partial charge in [-0.25, -0.2) is 0 Å². The molecule has 0 heterocycles. The van der Waals surface area contributed by atoms with Crippen LogP contribution >= 0.6 is 12.2 Å². The Morgan fingerprint density at radius 1 is 1.44 bits per heavy atom. The monoisotopic (exact) mass is 245 g/mol. The highest BCUT2D eigenvalue weighted by Crippen LogP contribution is 2.05. The first-order chi connectivity index (χ1) is 7.43. The normalized spacial score (nSPS) is 14.6. The average Bonchev–Trinajstić information content (AvgIpc) is 2.24. The summed E-state index contributed by atoms with van der Waals surface area (Å²) >= 11 is 4.94. The van der Waals surface area contributed by atoms with Gasteiger partial charge in [0.05, 0.1) is 11.0 Å². The zero-order valence-corrected chi connectivity index (χ0v) is 11.4. The predicted octanol–water partition coefficient (Wildman–Crippen LogP) is 0.755. The molecule has 5 heteroatoms. The summed E-state index contributed by atoms with van der Waals surface area (Å²) in [6.45, 7) is 10.0. The van der Waals surface area contributed by atoms with Crippen LogP contribution in [-0.4, -0.2) is 41.5 Å². The van der Waals surface area contributed by atoms with Crippen LogP contribution in [0.15, 0.2) is 0 Å². The molecule has 0 aliphatic rings. The number of carbonyl (C=O) groups excluding carboxylic acids is 1. The second kappa shape index (κ2) is 7.57. The third kappa shape index (κ3) is 4.90. The van der Waals surface area contributed by atoms with Gasteiger partial charge in [0.2, 0.25) is 5.91 Å². The minimum absolute atomic E-state index is 0.0551. The van der Waals surface area contributed by atoms with Crippen LogP contribution in [0.2, 0.25) is 0 Å². The van der Waals surface area contributed by atoms with Crippen LogP contribution in [0.25, 0.3) is 0 Å². The van der Waals surface area contributed by atoms with Crippen molar-refractivity contribution >= 4 is 23.1 Å². The van der Waals surface area contributed by atoms with Crippen molar-refractivity contribution in [1.29, 1.82) is 0 Å². The molecule has 4 nitrogen and oxygen atoms in total. The summed E-state index contributed by atoms with van der Waals surface area (Å²) in [5.41, 5.74) is 5.58. The van der Waals surface area contributed by atoms with Gasteiger partial charge in [0.25, 0.3) is 0 Å². The zero-order chi connectivity index (χ0) is 12.7. The van der Waals surface area contributed by atoms with Crippen LogP contribution in [0.1, 0.15) is 27.7 Å². The molecule has 0 spiro atoms. The molecule has 0 aliphatic heterocycles. The minimum Gasteiger partial charge on any atom is -0.393 e. The Bertz CT molecular complexity index is 245. The van der Waals surface area contributed by atoms with Crippen LogP contribution in [0, 0.1) is 5.92 Å². The van der Waals surface area contributed by atoms with E-state index in [-0.39, 0.29) is 17.9 Å². The third-order valence-corrected chi connectivity index (χ3v) is 3.08. The molecule has 3 N–H and O–H groups in total. The Kier molecular flexibility index (Phi) is 7.25. The molecule has 0 aromatic rings. The highest BCUT2D eigenvalue weighted by Gasteiger charge is 2.21. The average molecular weight is 245 g/mol. The van der Waals surface area contributed by atoms with Gasteiger partial charge in [-0.3, -0.25) is 9.69 Å². The first kappa shape index (κ1) is 15.3. The number of amides is 1. The number of rotatable bonds is 7. The van der Waals surface area contributed by atoms with E-state index in [2.05, 4.69) is 10.2 Å². The molecular weight excluding hydrogens is 222 g/mol. The topological polar surface area (TPSA) is 58.4 Å². The lowest BCUT2D eigenvalue weighted by atomic mass is 10.1. The van der Waals surface area contributed by atoms with Crippen LogP contribution in [-0.2, 0) is 4.79 Å². The van der Waals surface area contributed by atoms with Crippen molar-refractivity contribution < 1.29 is 4.79 Å². The lowest BCUT2D eigenvalue weighted by Crippen LogP contribution is -2.47. The fraction of sp³-hybridized carbons (Fsp3) is 0.818. The standard InChI is InChI=1S/C11H23N3OS/c1-5-13-11(15)9(4)14(6-2)7-8(3)10(12)16/h8-9H,5-7H2,1-4H3,(H2,12,16)(H,13,15). The van der Waals surface area contributed by atoms with Gasteiger partial charge in [-0.2, -0.15) is 0 Å². The van der Waals surface area contributed by atoms with Crippen molar-refractivity contribution in [2.45, 2.75) is 33.7 Å². The summed E-state index contributed by atoms with van der Waals surface area (Å²) in [5.74, 6) is 0.186. The molecule has 1 amide bonds. The molecule has 2 atom stereocenters. The fourth-order valence-corrected chi connectivity index (χ4v) is 1.57. The molecule has 0 radical (unpaired) electrons. The molecule has 0 saturated carbocycles. The third-order valence-electron chi connectivity index (χ3n) is 2.68. The second-order valence-corrected chi connectivity index (χ2v) is 4.43. The van der Waals surface area contributed by atoms with E-state index in [1.54, 1.807) is 0 Å². The number of thiocarbonyl (C=S) groups is 1. The van der Waals surface area contributed by atoms with E-state index in [1.807, 2.05) is 27.7 Å². The van der Waals surface area contributed by atoms with Crippen LogP contribution < -0.4 is 11.1 Å². The lowest BCUT2D eigenvalue weighted by molar-refractivity contribution is -0.125. The van der Waals surface area contributed by atoms with Crippen molar-refractivity contribution in [1.82, 2.24) is 10.2 Å². The summed E-state index contributed by atoms with van der Waals surface area (Å²) < 4.78 is 0. The van der Waals surface area contributed by atoms with Gasteiger partial charge in [0.15, 0.2) is 0 Å². The summed E-state index contributed by atoms with van der Waals surface area (Å²) in [6.07, 6.45) is 0. The molecule has 0 aliphatic carbocycles. The highest BCUT2D eigenvalue weighted by molar-refractivity contribution is 7.80. The first-order valence-electron chi connectivity index (χ1n) is 5.75. The molecule has 16 heavy (non-hydrogen) atoms. The van der Waals surface area contributed by atoms with E-state index in [0.717, 1.165) is 13.1 Å². The number of hydrogen-bond acceptors (Lipinski definition) is 3. The maximum atomic E-state index is 11.7. The summed E-state index contributed by atoms with van der Waals surface area (Å²) in [6, 6.07) is -0.137. The van der Waals surface area contributed by atoms with Crippen molar-refractivity contribution in [3.63, 3.8) is 0 Å². The maximum absolute atomic E-state index is 11.7. The highest BCUT2D eigenvalue weighted by atomic mass is 32.1. The summed E-state index contributed by atoms with van der Waals surface area (Å²) in [7, 11) is 0. The van der Waals surface area contributed by atoms with E-state index >= 15 is 0 Å². The number of carbonyl (C=O) groups is 1. The van der Waals surface area contributed by atoms with Gasteiger partial charge in [-0.1, -0.05) is 26.1 Å². The van der Waals surface area contributed by atoms with Gasteiger partial charge in [-0.05, 0) is 20.4 Å². The van der Waals surface area contributed by atoms with E-state index < -0.39 is 0 Å². The van der Waals surface area contributed by atoms with Crippen LogP contribution in [0.4, 0.5) is 0 Å². The predicted molar refractivity (Wildman–Crippen MR) is 71.3 cm³/mol. The molecule has 0 saturated heterocycles. The lowest BCUT2D eigenvalue weighted by Gasteiger charge is -2.29. The Balaban J connectivity index is 4.37. The summed E-state index contributed by atoms with van der Waals surface area (Å²) in [5, 5.41) is 2.82. The van der Waals surface area contributed by atoms with E-state index in [1.165, 1.54) is 0 Å². The molecule has 0 rings (SSSR count). The SMILES string of the molecule is CCNC(=O)C(C)N(CC)CC(C)C(N)=S. The van der Waals surface area contributed by atoms with E-state index in [9.17, 15) is 4.79 Å². The number of nitrogens with one attached hydrogen (secondary N) is 1. The number of hydrogen-bond donors (Lipinski definition) is 2. The molecule has 2 unspecified atom stereocenters. The Morgan fingerprint density at radius 3 is 2.38 bits per heavy atom. The van der Waals surface area contributed by atoms with Crippen LogP contribution in [0.5, 0.6) is 0 Å². The quantitative estimate of drug-likeness (QED) is 0.650. The van der Waals surface area contributed by atoms with Crippen molar-refractivity contribution in [3.8, 4) is 0 Å². The zero-order valence-electron chi connectivity index (χ0n) is 10.6. The number of nitrogens with two attached hydrogens (primary N) is 1. The molecular formula is C11H23N3OS. The molecule has 0 fully saturated rings. The maximum Gasteiger partial charge on any atom is 0.237 e. The first-order valence-corrected chi connectivity index (χ1v) is 6.15. The fourth-order valence-electron chi connectivity index (χ4n) is 1.49. The molecule has 0 bridgehead atoms. The summed E-state index contributed by atoms with van der Waals surface area (Å²) in [4.78, 5) is 14.3. The molecule has 0 aromatic carbocycles. The van der Waals surface area contributed by atoms with Crippen molar-refractivity contribution in [2.75, 3.05) is 19.6 Å². The molecule has 94 valence electrons. The minimum atomic E-state index is -0.137. The van der Waals surface area contributed by atoms with Crippen LogP contribution in [0.3, 0.4) is 0 Å². The van der Waals surface area contributed by atoms with E-state index in [0.29, 0.717) is 11.5 Å². The second-order valence-electron chi connectivity index (χ2n) is 3.96. The Morgan fingerprint density at radius 2 is 2.00 bits per heavy atom. The van der Waals surface area contributed by atoms with Gasteiger partial charge in [0.1, 0.15) is 0 Å². The Hall–Kier alpha value is -0.680. The van der Waals surface area contributed by atoms with Gasteiger partial charge in [-0.15, -0.1) is 0 Å². The smallest absolute Gasteiger partial charge is 0.237 e. The van der Waals surface area contributed by atoms with Crippen molar-refractivity contribution in [3.05, 3.63) is 0 Å². The Labute approximate surface area is 104 Å². The van der Waals surface area contributed by atoms with Gasteiger partial charge >= 0.3 is 0 Å². The number of likely N-dealkylation sites (N-methyl/N-ethyl adjacent to an activating group) is 2. The number of nitrogens with zero attached hydrogens (tertiary/aromatic N) is 1. The largest absolute Gasteiger partial charge is 0.393 e. The van der Waals surface area contributed by atoms with Gasteiger partial charge < -0.3 is 11.1 Å². The van der Waals surface area contributed by atoms with Gasteiger partial charge in [0, 0.05) is 19.0 Å². The molecule has 0 aromatic heterocycles.